The van der Waals surface area contributed by atoms with Gasteiger partial charge in [-0.3, -0.25) is 14.7 Å². The Hall–Kier alpha value is -2.96. The van der Waals surface area contributed by atoms with Crippen LogP contribution < -0.4 is 0 Å². The molecule has 0 unspecified atom stereocenters. The molecule has 6 heteroatoms. The third kappa shape index (κ3) is 5.26. The van der Waals surface area contributed by atoms with Crippen molar-refractivity contribution in [1.82, 2.24) is 19.4 Å². The molecule has 0 N–H and O–H groups in total. The van der Waals surface area contributed by atoms with Gasteiger partial charge in [0.05, 0.1) is 18.8 Å². The number of aryl methyl sites for hydroxylation is 1. The van der Waals surface area contributed by atoms with Crippen molar-refractivity contribution < 1.29 is 9.53 Å². The van der Waals surface area contributed by atoms with Crippen molar-refractivity contribution in [2.24, 2.45) is 0 Å². The van der Waals surface area contributed by atoms with Crippen molar-refractivity contribution in [1.29, 1.82) is 0 Å². The van der Waals surface area contributed by atoms with Gasteiger partial charge in [-0.25, -0.2) is 0 Å². The number of amides is 1. The lowest BCUT2D eigenvalue weighted by molar-refractivity contribution is 0.0355. The van der Waals surface area contributed by atoms with Crippen molar-refractivity contribution in [3.8, 4) is 5.69 Å². The summed E-state index contributed by atoms with van der Waals surface area (Å²) in [5.74, 6) is 0.0825. The predicted octanol–water partition coefficient (Wildman–Crippen LogP) is 3.85. The number of carbonyl (C=O) groups is 1. The van der Waals surface area contributed by atoms with Crippen LogP contribution in [0.1, 0.15) is 33.7 Å². The Balaban J connectivity index is 1.54. The van der Waals surface area contributed by atoms with E-state index in [1.807, 2.05) is 48.2 Å². The van der Waals surface area contributed by atoms with E-state index in [0.29, 0.717) is 13.1 Å². The van der Waals surface area contributed by atoms with Crippen LogP contribution in [0.15, 0.2) is 60.9 Å². The number of benzene rings is 1. The average Bonchev–Trinajstić information content (AvgIpc) is 3.13. The summed E-state index contributed by atoms with van der Waals surface area (Å²) in [5.41, 5.74) is 4.98. The van der Waals surface area contributed by atoms with E-state index in [0.717, 1.165) is 67.5 Å². The fraction of sp³-hybridized carbons (Fsp3) is 0.385. The largest absolute Gasteiger partial charge is 0.379 e. The first-order chi connectivity index (χ1) is 15.6. The molecule has 0 atom stereocenters. The van der Waals surface area contributed by atoms with E-state index in [2.05, 4.69) is 33.5 Å². The van der Waals surface area contributed by atoms with Crippen molar-refractivity contribution >= 4 is 5.91 Å². The van der Waals surface area contributed by atoms with Gasteiger partial charge in [0.25, 0.3) is 5.91 Å². The second-order valence-corrected chi connectivity index (χ2v) is 8.35. The number of hydrogen-bond donors (Lipinski definition) is 0. The number of para-hydroxylation sites is 1. The van der Waals surface area contributed by atoms with Gasteiger partial charge in [0, 0.05) is 62.2 Å². The van der Waals surface area contributed by atoms with Crippen LogP contribution in [0.2, 0.25) is 0 Å². The molecular weight excluding hydrogens is 400 g/mol. The van der Waals surface area contributed by atoms with Gasteiger partial charge >= 0.3 is 0 Å². The second kappa shape index (κ2) is 10.6. The minimum atomic E-state index is 0.0825. The van der Waals surface area contributed by atoms with E-state index in [-0.39, 0.29) is 5.91 Å². The van der Waals surface area contributed by atoms with Gasteiger partial charge in [-0.1, -0.05) is 18.2 Å². The molecule has 1 saturated heterocycles. The molecule has 1 aliphatic heterocycles. The van der Waals surface area contributed by atoms with E-state index < -0.39 is 0 Å². The molecule has 0 bridgehead atoms. The zero-order chi connectivity index (χ0) is 22.3. The van der Waals surface area contributed by atoms with Gasteiger partial charge in [0.1, 0.15) is 0 Å². The predicted molar refractivity (Wildman–Crippen MR) is 126 cm³/mol. The summed E-state index contributed by atoms with van der Waals surface area (Å²) in [7, 11) is 0. The third-order valence-electron chi connectivity index (χ3n) is 6.09. The Morgan fingerprint density at radius 2 is 1.78 bits per heavy atom. The van der Waals surface area contributed by atoms with Gasteiger partial charge in [-0.05, 0) is 56.2 Å². The minimum absolute atomic E-state index is 0.0825. The summed E-state index contributed by atoms with van der Waals surface area (Å²) in [6.07, 6.45) is 4.51. The zero-order valence-electron chi connectivity index (χ0n) is 19.0. The fourth-order valence-electron chi connectivity index (χ4n) is 4.39. The van der Waals surface area contributed by atoms with Gasteiger partial charge in [0.15, 0.2) is 0 Å². The summed E-state index contributed by atoms with van der Waals surface area (Å²) in [4.78, 5) is 22.2. The van der Waals surface area contributed by atoms with Crippen molar-refractivity contribution in [3.63, 3.8) is 0 Å². The molecule has 168 valence electrons. The lowest BCUT2D eigenvalue weighted by Gasteiger charge is -2.28. The maximum absolute atomic E-state index is 13.7. The van der Waals surface area contributed by atoms with Crippen LogP contribution in [0.25, 0.3) is 5.69 Å². The van der Waals surface area contributed by atoms with Crippen LogP contribution >= 0.6 is 0 Å². The first-order valence-electron chi connectivity index (χ1n) is 11.4. The lowest BCUT2D eigenvalue weighted by Crippen LogP contribution is -2.39. The Labute approximate surface area is 190 Å². The van der Waals surface area contributed by atoms with Gasteiger partial charge in [-0.2, -0.15) is 0 Å². The standard InChI is InChI=1S/C26H32N4O2/c1-21-19-25(22(2)30(21)24-7-4-3-5-8-24)26(31)29(20-23-9-11-27-12-10-23)14-6-13-28-15-17-32-18-16-28/h3-5,7-12,19H,6,13-18,20H2,1-2H3. The van der Waals surface area contributed by atoms with Crippen molar-refractivity contribution in [2.45, 2.75) is 26.8 Å². The topological polar surface area (TPSA) is 50.6 Å². The molecule has 1 aromatic carbocycles. The van der Waals surface area contributed by atoms with E-state index in [1.54, 1.807) is 12.4 Å². The highest BCUT2D eigenvalue weighted by Gasteiger charge is 2.22. The van der Waals surface area contributed by atoms with Crippen molar-refractivity contribution in [2.75, 3.05) is 39.4 Å². The molecule has 3 heterocycles. The molecule has 1 fully saturated rings. The quantitative estimate of drug-likeness (QED) is 0.543. The van der Waals surface area contributed by atoms with Crippen LogP contribution in [0, 0.1) is 13.8 Å². The smallest absolute Gasteiger partial charge is 0.255 e. The number of nitrogens with zero attached hydrogens (tertiary/aromatic N) is 4. The number of ether oxygens (including phenoxy) is 1. The Morgan fingerprint density at radius 1 is 1.06 bits per heavy atom. The number of pyridine rings is 1. The van der Waals surface area contributed by atoms with Gasteiger partial charge < -0.3 is 14.2 Å². The molecule has 0 spiro atoms. The molecule has 1 aliphatic rings. The van der Waals surface area contributed by atoms with Gasteiger partial charge in [-0.15, -0.1) is 0 Å². The highest BCUT2D eigenvalue weighted by atomic mass is 16.5. The first kappa shape index (κ1) is 22.2. The Kier molecular flexibility index (Phi) is 7.35. The average molecular weight is 433 g/mol. The lowest BCUT2D eigenvalue weighted by atomic mass is 10.1. The molecule has 4 rings (SSSR count). The van der Waals surface area contributed by atoms with E-state index in [9.17, 15) is 4.79 Å². The van der Waals surface area contributed by atoms with Crippen LogP contribution in [0.5, 0.6) is 0 Å². The van der Waals surface area contributed by atoms with E-state index >= 15 is 0 Å². The minimum Gasteiger partial charge on any atom is -0.379 e. The van der Waals surface area contributed by atoms with Crippen molar-refractivity contribution in [3.05, 3.63) is 83.4 Å². The second-order valence-electron chi connectivity index (χ2n) is 8.35. The first-order valence-corrected chi connectivity index (χ1v) is 11.4. The molecule has 0 aliphatic carbocycles. The molecule has 3 aromatic rings. The number of hydrogen-bond acceptors (Lipinski definition) is 4. The molecule has 32 heavy (non-hydrogen) atoms. The molecular formula is C26H32N4O2. The highest BCUT2D eigenvalue weighted by Crippen LogP contribution is 2.23. The summed E-state index contributed by atoms with van der Waals surface area (Å²) >= 11 is 0. The normalized spacial score (nSPS) is 14.4. The number of morpholine rings is 1. The van der Waals surface area contributed by atoms with Crippen LogP contribution in [-0.4, -0.2) is 64.7 Å². The van der Waals surface area contributed by atoms with Crippen LogP contribution in [0.3, 0.4) is 0 Å². The maximum atomic E-state index is 13.7. The van der Waals surface area contributed by atoms with Gasteiger partial charge in [0.2, 0.25) is 0 Å². The maximum Gasteiger partial charge on any atom is 0.255 e. The molecule has 0 saturated carbocycles. The number of rotatable bonds is 8. The summed E-state index contributed by atoms with van der Waals surface area (Å²) in [6.45, 7) is 9.90. The van der Waals surface area contributed by atoms with Crippen LogP contribution in [-0.2, 0) is 11.3 Å². The van der Waals surface area contributed by atoms with E-state index in [1.165, 1.54) is 0 Å². The molecule has 6 nitrogen and oxygen atoms in total. The molecule has 1 amide bonds. The summed E-state index contributed by atoms with van der Waals surface area (Å²) in [5, 5.41) is 0. The number of aromatic nitrogens is 2. The fourth-order valence-corrected chi connectivity index (χ4v) is 4.39. The Morgan fingerprint density at radius 3 is 2.50 bits per heavy atom. The number of carbonyl (C=O) groups excluding carboxylic acids is 1. The molecule has 0 radical (unpaired) electrons. The highest BCUT2D eigenvalue weighted by molar-refractivity contribution is 5.96. The SMILES string of the molecule is Cc1cc(C(=O)N(CCCN2CCOCC2)Cc2ccncc2)c(C)n1-c1ccccc1. The van der Waals surface area contributed by atoms with E-state index in [4.69, 9.17) is 4.74 Å². The monoisotopic (exact) mass is 432 g/mol. The Bertz CT molecular complexity index is 1010. The summed E-state index contributed by atoms with van der Waals surface area (Å²) in [6, 6.07) is 16.2. The zero-order valence-corrected chi connectivity index (χ0v) is 19.0. The third-order valence-corrected chi connectivity index (χ3v) is 6.09. The van der Waals surface area contributed by atoms with Crippen LogP contribution in [0.4, 0.5) is 0 Å². The summed E-state index contributed by atoms with van der Waals surface area (Å²) < 4.78 is 7.61. The molecule has 2 aromatic heterocycles.